The maximum absolute atomic E-state index is 13.2. The summed E-state index contributed by atoms with van der Waals surface area (Å²) in [5, 5.41) is 0.513. The first kappa shape index (κ1) is 20.5. The van der Waals surface area contributed by atoms with E-state index < -0.39 is 5.97 Å². The molecule has 0 bridgehead atoms. The fraction of sp³-hybridized carbons (Fsp3) is 0.238. The molecule has 4 rings (SSSR count). The third-order valence-electron chi connectivity index (χ3n) is 4.63. The Hall–Kier alpha value is -2.78. The molecule has 0 unspecified atom stereocenters. The van der Waals surface area contributed by atoms with Crippen molar-refractivity contribution in [2.24, 2.45) is 0 Å². The van der Waals surface area contributed by atoms with Gasteiger partial charge in [-0.25, -0.2) is 14.8 Å². The fourth-order valence-corrected chi connectivity index (χ4v) is 5.23. The van der Waals surface area contributed by atoms with Crippen LogP contribution in [0.15, 0.2) is 64.8 Å². The fourth-order valence-electron chi connectivity index (χ4n) is 3.29. The minimum Gasteiger partial charge on any atom is -0.462 e. The highest BCUT2D eigenvalue weighted by molar-refractivity contribution is 8.00. The second-order valence-corrected chi connectivity index (χ2v) is 8.70. The molecule has 2 N–H and O–H groups in total. The van der Waals surface area contributed by atoms with Crippen molar-refractivity contribution in [3.05, 3.63) is 60.3 Å². The van der Waals surface area contributed by atoms with Gasteiger partial charge in [-0.2, -0.15) is 0 Å². The summed E-state index contributed by atoms with van der Waals surface area (Å²) in [7, 11) is 0. The Bertz CT molecular complexity index is 1040. The van der Waals surface area contributed by atoms with Gasteiger partial charge in [0.2, 0.25) is 5.91 Å². The van der Waals surface area contributed by atoms with E-state index in [1.54, 1.807) is 18.7 Å². The smallest absolute Gasteiger partial charge is 0.343 e. The van der Waals surface area contributed by atoms with Crippen LogP contribution in [0, 0.1) is 0 Å². The van der Waals surface area contributed by atoms with E-state index in [-0.39, 0.29) is 40.9 Å². The highest BCUT2D eigenvalue weighted by atomic mass is 32.2. The summed E-state index contributed by atoms with van der Waals surface area (Å²) in [5.74, 6) is -0.413. The van der Waals surface area contributed by atoms with Crippen LogP contribution in [0.3, 0.4) is 0 Å². The Labute approximate surface area is 182 Å². The predicted molar refractivity (Wildman–Crippen MR) is 119 cm³/mol. The van der Waals surface area contributed by atoms with Crippen molar-refractivity contribution in [1.29, 1.82) is 0 Å². The van der Waals surface area contributed by atoms with Crippen LogP contribution in [0.25, 0.3) is 0 Å². The molecule has 7 nitrogen and oxygen atoms in total. The third-order valence-corrected chi connectivity index (χ3v) is 6.78. The summed E-state index contributed by atoms with van der Waals surface area (Å²) in [6.07, 6.45) is 9.50. The first-order valence-corrected chi connectivity index (χ1v) is 11.3. The second kappa shape index (κ2) is 8.93. The summed E-state index contributed by atoms with van der Waals surface area (Å²) >= 11 is 2.95. The molecule has 2 aromatic rings. The van der Waals surface area contributed by atoms with E-state index in [1.807, 2.05) is 41.3 Å². The monoisotopic (exact) mass is 440 g/mol. The number of aromatic nitrogens is 2. The molecule has 9 heteroatoms. The molecular formula is C21H20N4O3S2. The first-order valence-electron chi connectivity index (χ1n) is 9.43. The number of carbonyl (C=O) groups excluding carboxylic acids is 2. The molecule has 2 atom stereocenters. The van der Waals surface area contributed by atoms with E-state index in [0.717, 1.165) is 10.6 Å². The van der Waals surface area contributed by atoms with Crippen LogP contribution >= 0.6 is 23.5 Å². The topological polar surface area (TPSA) is 98.4 Å². The number of fused-ring (bicyclic) bond motifs is 2. The highest BCUT2D eigenvalue weighted by Crippen LogP contribution is 2.43. The zero-order valence-corrected chi connectivity index (χ0v) is 17.9. The molecule has 1 aromatic carbocycles. The molecule has 2 heterocycles. The molecule has 2 aliphatic rings. The van der Waals surface area contributed by atoms with Crippen LogP contribution in [0.4, 0.5) is 11.5 Å². The number of hydrogen-bond acceptors (Lipinski definition) is 8. The van der Waals surface area contributed by atoms with Gasteiger partial charge in [-0.3, -0.25) is 4.79 Å². The highest BCUT2D eigenvalue weighted by Gasteiger charge is 2.36. The van der Waals surface area contributed by atoms with Crippen LogP contribution < -0.4 is 10.6 Å². The Kier molecular flexibility index (Phi) is 6.10. The van der Waals surface area contributed by atoms with Crippen LogP contribution in [0.5, 0.6) is 0 Å². The predicted octanol–water partition coefficient (Wildman–Crippen LogP) is 3.33. The van der Waals surface area contributed by atoms with E-state index in [9.17, 15) is 9.59 Å². The lowest BCUT2D eigenvalue weighted by Crippen LogP contribution is -2.48. The number of anilines is 2. The molecule has 30 heavy (non-hydrogen) atoms. The molecule has 1 aromatic heterocycles. The average molecular weight is 441 g/mol. The summed E-state index contributed by atoms with van der Waals surface area (Å²) in [6, 6.07) is 7.88. The van der Waals surface area contributed by atoms with Gasteiger partial charge in [0.1, 0.15) is 11.4 Å². The maximum Gasteiger partial charge on any atom is 0.343 e. The van der Waals surface area contributed by atoms with Crippen molar-refractivity contribution in [3.8, 4) is 0 Å². The van der Waals surface area contributed by atoms with Crippen molar-refractivity contribution >= 4 is 46.9 Å². The van der Waals surface area contributed by atoms with Gasteiger partial charge in [0.15, 0.2) is 5.16 Å². The summed E-state index contributed by atoms with van der Waals surface area (Å²) in [6.45, 7) is 1.95. The minimum absolute atomic E-state index is 0.0403. The van der Waals surface area contributed by atoms with Gasteiger partial charge in [0.05, 0.1) is 29.3 Å². The molecule has 0 saturated heterocycles. The molecular weight excluding hydrogens is 420 g/mol. The minimum atomic E-state index is -0.562. The van der Waals surface area contributed by atoms with Crippen LogP contribution in [-0.4, -0.2) is 45.5 Å². The number of thioether (sulfide) groups is 2. The van der Waals surface area contributed by atoms with Crippen molar-refractivity contribution in [2.45, 2.75) is 28.3 Å². The summed E-state index contributed by atoms with van der Waals surface area (Å²) in [5.41, 5.74) is 6.90. The van der Waals surface area contributed by atoms with E-state index in [2.05, 4.69) is 22.1 Å². The van der Waals surface area contributed by atoms with Crippen molar-refractivity contribution in [2.75, 3.05) is 23.0 Å². The lowest BCUT2D eigenvalue weighted by molar-refractivity contribution is -0.116. The lowest BCUT2D eigenvalue weighted by Gasteiger charge is -2.40. The van der Waals surface area contributed by atoms with Crippen LogP contribution in [0.2, 0.25) is 0 Å². The number of para-hydroxylation sites is 1. The molecule has 0 spiro atoms. The average Bonchev–Trinajstić information content (AvgIpc) is 2.76. The van der Waals surface area contributed by atoms with Crippen molar-refractivity contribution < 1.29 is 14.3 Å². The Morgan fingerprint density at radius 2 is 2.07 bits per heavy atom. The number of nitrogens with zero attached hydrogens (tertiary/aromatic N) is 3. The molecule has 154 valence electrons. The van der Waals surface area contributed by atoms with Crippen LogP contribution in [0.1, 0.15) is 17.3 Å². The second-order valence-electron chi connectivity index (χ2n) is 6.53. The quantitative estimate of drug-likeness (QED) is 0.429. The summed E-state index contributed by atoms with van der Waals surface area (Å²) < 4.78 is 4.93. The number of allylic oxidation sites excluding steroid dienone is 2. The van der Waals surface area contributed by atoms with Gasteiger partial charge in [-0.15, -0.1) is 11.8 Å². The van der Waals surface area contributed by atoms with Gasteiger partial charge in [0, 0.05) is 11.1 Å². The lowest BCUT2D eigenvalue weighted by atomic mass is 10.0. The number of hydrogen-bond donors (Lipinski definition) is 1. The molecule has 0 radical (unpaired) electrons. The zero-order chi connectivity index (χ0) is 21.1. The molecule has 0 fully saturated rings. The normalized spacial score (nSPS) is 19.2. The van der Waals surface area contributed by atoms with Crippen molar-refractivity contribution in [3.63, 3.8) is 0 Å². The summed E-state index contributed by atoms with van der Waals surface area (Å²) in [4.78, 5) is 36.3. The number of esters is 1. The van der Waals surface area contributed by atoms with Gasteiger partial charge in [-0.1, -0.05) is 48.2 Å². The van der Waals surface area contributed by atoms with E-state index in [0.29, 0.717) is 5.16 Å². The third kappa shape index (κ3) is 4.08. The standard InChI is InChI=1S/C21H20N4O3S2/c1-2-28-20(27)13-11-23-21(24-19(13)22)29-12-18(26)25-14-7-3-5-9-16(14)30-17-10-6-4-8-15(17)25/h3-11,14,16H,2,12H2,1H3,(H2,22,23,24)/t14-,16-/m0/s1. The SMILES string of the molecule is CCOC(=O)c1cnc(SCC(=O)N2c3ccccc3S[C@H]3C=CC=C[C@@H]32)nc1N. The number of rotatable bonds is 5. The van der Waals surface area contributed by atoms with Crippen LogP contribution in [-0.2, 0) is 9.53 Å². The Morgan fingerprint density at radius 1 is 1.27 bits per heavy atom. The Balaban J connectivity index is 1.51. The van der Waals surface area contributed by atoms with Gasteiger partial charge in [-0.05, 0) is 19.1 Å². The number of nitrogen functional groups attached to an aromatic ring is 1. The number of carbonyl (C=O) groups is 2. The molecule has 1 aliphatic carbocycles. The van der Waals surface area contributed by atoms with Gasteiger partial charge in [0.25, 0.3) is 0 Å². The Morgan fingerprint density at radius 3 is 2.87 bits per heavy atom. The number of benzene rings is 1. The van der Waals surface area contributed by atoms with E-state index in [1.165, 1.54) is 18.0 Å². The van der Waals surface area contributed by atoms with Crippen molar-refractivity contribution in [1.82, 2.24) is 9.97 Å². The molecule has 0 saturated carbocycles. The largest absolute Gasteiger partial charge is 0.462 e. The van der Waals surface area contributed by atoms with Gasteiger partial charge < -0.3 is 15.4 Å². The maximum atomic E-state index is 13.2. The first-order chi connectivity index (χ1) is 14.6. The number of ether oxygens (including phenoxy) is 1. The van der Waals surface area contributed by atoms with E-state index in [4.69, 9.17) is 10.5 Å². The number of nitrogens with two attached hydrogens (primary N) is 1. The van der Waals surface area contributed by atoms with E-state index >= 15 is 0 Å². The van der Waals surface area contributed by atoms with Gasteiger partial charge >= 0.3 is 5.97 Å². The molecule has 1 aliphatic heterocycles. The number of amides is 1. The molecule has 1 amide bonds. The zero-order valence-electron chi connectivity index (χ0n) is 16.2.